The van der Waals surface area contributed by atoms with E-state index < -0.39 is 0 Å². The molecule has 0 fully saturated rings. The highest BCUT2D eigenvalue weighted by molar-refractivity contribution is 5.38. The number of methoxy groups -OCH3 is 1. The first-order valence-corrected chi connectivity index (χ1v) is 6.04. The standard InChI is InChI=1S/C14H17N3O2/c1-10(15)11-3-4-13(19-2)12(7-11)8-17-9-16-6-5-14(17)18/h3-7,9-10H,8,15H2,1-2H3. The molecule has 1 unspecified atom stereocenters. The minimum absolute atomic E-state index is 0.0599. The molecule has 2 aromatic rings. The number of benzene rings is 1. The second-order valence-electron chi connectivity index (χ2n) is 4.41. The number of rotatable bonds is 4. The van der Waals surface area contributed by atoms with Crippen LogP contribution in [0.5, 0.6) is 5.75 Å². The highest BCUT2D eigenvalue weighted by atomic mass is 16.5. The number of ether oxygens (including phenoxy) is 1. The SMILES string of the molecule is COc1ccc(C(C)N)cc1Cn1cnccc1=O. The Morgan fingerprint density at radius 1 is 1.42 bits per heavy atom. The maximum Gasteiger partial charge on any atom is 0.253 e. The zero-order chi connectivity index (χ0) is 13.8. The molecule has 0 bridgehead atoms. The predicted octanol–water partition coefficient (Wildman–Crippen LogP) is 1.32. The number of hydrogen-bond donors (Lipinski definition) is 1. The highest BCUT2D eigenvalue weighted by Gasteiger charge is 2.08. The van der Waals surface area contributed by atoms with Crippen molar-refractivity contribution in [2.75, 3.05) is 7.11 Å². The fourth-order valence-electron chi connectivity index (χ4n) is 1.89. The van der Waals surface area contributed by atoms with E-state index in [2.05, 4.69) is 4.98 Å². The molecule has 1 heterocycles. The van der Waals surface area contributed by atoms with Gasteiger partial charge in [-0.3, -0.25) is 9.36 Å². The first-order valence-electron chi connectivity index (χ1n) is 6.04. The molecule has 2 rings (SSSR count). The lowest BCUT2D eigenvalue weighted by atomic mass is 10.0. The van der Waals surface area contributed by atoms with Crippen LogP contribution in [0.4, 0.5) is 0 Å². The number of nitrogens with two attached hydrogens (primary N) is 1. The maximum absolute atomic E-state index is 11.7. The van der Waals surface area contributed by atoms with Crippen molar-refractivity contribution in [3.63, 3.8) is 0 Å². The van der Waals surface area contributed by atoms with Crippen molar-refractivity contribution in [1.29, 1.82) is 0 Å². The van der Waals surface area contributed by atoms with Gasteiger partial charge >= 0.3 is 0 Å². The Bertz CT molecular complexity index is 620. The molecule has 0 saturated heterocycles. The van der Waals surface area contributed by atoms with Crippen LogP contribution in [0.25, 0.3) is 0 Å². The van der Waals surface area contributed by atoms with Crippen LogP contribution < -0.4 is 16.0 Å². The molecule has 0 amide bonds. The number of hydrogen-bond acceptors (Lipinski definition) is 4. The third kappa shape index (κ3) is 3.00. The Morgan fingerprint density at radius 3 is 2.84 bits per heavy atom. The first-order chi connectivity index (χ1) is 9.11. The van der Waals surface area contributed by atoms with Gasteiger partial charge in [0.15, 0.2) is 0 Å². The summed E-state index contributed by atoms with van der Waals surface area (Å²) in [5.41, 5.74) is 7.70. The fourth-order valence-corrected chi connectivity index (χ4v) is 1.89. The van der Waals surface area contributed by atoms with E-state index in [1.165, 1.54) is 23.2 Å². The summed E-state index contributed by atoms with van der Waals surface area (Å²) in [7, 11) is 1.61. The molecule has 0 aliphatic rings. The van der Waals surface area contributed by atoms with Crippen molar-refractivity contribution in [1.82, 2.24) is 9.55 Å². The quantitative estimate of drug-likeness (QED) is 0.899. The zero-order valence-electron chi connectivity index (χ0n) is 11.0. The highest BCUT2D eigenvalue weighted by Crippen LogP contribution is 2.23. The second-order valence-corrected chi connectivity index (χ2v) is 4.41. The van der Waals surface area contributed by atoms with E-state index in [0.29, 0.717) is 6.54 Å². The van der Waals surface area contributed by atoms with E-state index >= 15 is 0 Å². The monoisotopic (exact) mass is 259 g/mol. The minimum atomic E-state index is -0.0942. The molecule has 0 saturated carbocycles. The van der Waals surface area contributed by atoms with Crippen molar-refractivity contribution in [2.24, 2.45) is 5.73 Å². The Hall–Kier alpha value is -2.14. The Labute approximate surface area is 111 Å². The Balaban J connectivity index is 2.40. The van der Waals surface area contributed by atoms with Crippen molar-refractivity contribution in [3.05, 3.63) is 58.3 Å². The third-order valence-corrected chi connectivity index (χ3v) is 2.96. The van der Waals surface area contributed by atoms with Crippen LogP contribution in [0.2, 0.25) is 0 Å². The number of nitrogens with zero attached hydrogens (tertiary/aromatic N) is 2. The van der Waals surface area contributed by atoms with Gasteiger partial charge in [-0.05, 0) is 24.6 Å². The van der Waals surface area contributed by atoms with Gasteiger partial charge in [0.1, 0.15) is 5.75 Å². The van der Waals surface area contributed by atoms with Gasteiger partial charge in [0.2, 0.25) is 0 Å². The van der Waals surface area contributed by atoms with E-state index in [1.807, 2.05) is 25.1 Å². The normalized spacial score (nSPS) is 12.2. The fraction of sp³-hybridized carbons (Fsp3) is 0.286. The van der Waals surface area contributed by atoms with Gasteiger partial charge < -0.3 is 10.5 Å². The largest absolute Gasteiger partial charge is 0.496 e. The van der Waals surface area contributed by atoms with Crippen LogP contribution in [0.3, 0.4) is 0 Å². The Kier molecular flexibility index (Phi) is 3.97. The molecule has 0 spiro atoms. The van der Waals surface area contributed by atoms with Crippen molar-refractivity contribution >= 4 is 0 Å². The lowest BCUT2D eigenvalue weighted by molar-refractivity contribution is 0.407. The Morgan fingerprint density at radius 2 is 2.21 bits per heavy atom. The molecule has 0 aliphatic carbocycles. The molecule has 5 nitrogen and oxygen atoms in total. The van der Waals surface area contributed by atoms with Crippen LogP contribution in [0, 0.1) is 0 Å². The number of aromatic nitrogens is 2. The molecule has 100 valence electrons. The van der Waals surface area contributed by atoms with Gasteiger partial charge in [-0.25, -0.2) is 4.98 Å². The summed E-state index contributed by atoms with van der Waals surface area (Å²) in [5.74, 6) is 0.736. The summed E-state index contributed by atoms with van der Waals surface area (Å²) in [6.45, 7) is 2.33. The molecule has 2 N–H and O–H groups in total. The zero-order valence-corrected chi connectivity index (χ0v) is 11.0. The summed E-state index contributed by atoms with van der Waals surface area (Å²) >= 11 is 0. The smallest absolute Gasteiger partial charge is 0.253 e. The molecule has 0 radical (unpaired) electrons. The average molecular weight is 259 g/mol. The third-order valence-electron chi connectivity index (χ3n) is 2.96. The van der Waals surface area contributed by atoms with Crippen LogP contribution in [0.1, 0.15) is 24.1 Å². The predicted molar refractivity (Wildman–Crippen MR) is 73.2 cm³/mol. The van der Waals surface area contributed by atoms with Gasteiger partial charge in [-0.15, -0.1) is 0 Å². The van der Waals surface area contributed by atoms with Crippen molar-refractivity contribution in [3.8, 4) is 5.75 Å². The van der Waals surface area contributed by atoms with E-state index in [9.17, 15) is 4.79 Å². The van der Waals surface area contributed by atoms with Crippen molar-refractivity contribution in [2.45, 2.75) is 19.5 Å². The summed E-state index contributed by atoms with van der Waals surface area (Å²) in [6, 6.07) is 7.13. The van der Waals surface area contributed by atoms with E-state index in [0.717, 1.165) is 16.9 Å². The van der Waals surface area contributed by atoms with Crippen LogP contribution in [-0.4, -0.2) is 16.7 Å². The minimum Gasteiger partial charge on any atom is -0.496 e. The van der Waals surface area contributed by atoms with Gasteiger partial charge in [-0.1, -0.05) is 6.07 Å². The molecule has 1 aromatic carbocycles. The van der Waals surface area contributed by atoms with Crippen molar-refractivity contribution < 1.29 is 4.74 Å². The van der Waals surface area contributed by atoms with Crippen LogP contribution in [0.15, 0.2) is 41.6 Å². The summed E-state index contributed by atoms with van der Waals surface area (Å²) in [6.07, 6.45) is 2.99. The van der Waals surface area contributed by atoms with Gasteiger partial charge in [-0.2, -0.15) is 0 Å². The molecular weight excluding hydrogens is 242 g/mol. The maximum atomic E-state index is 11.7. The van der Waals surface area contributed by atoms with Gasteiger partial charge in [0, 0.05) is 23.9 Å². The molecule has 5 heteroatoms. The van der Waals surface area contributed by atoms with Gasteiger partial charge in [0.25, 0.3) is 5.56 Å². The molecule has 19 heavy (non-hydrogen) atoms. The topological polar surface area (TPSA) is 70.1 Å². The summed E-state index contributed by atoms with van der Waals surface area (Å²) in [5, 5.41) is 0. The van der Waals surface area contributed by atoms with E-state index in [1.54, 1.807) is 7.11 Å². The average Bonchev–Trinajstić information content (AvgIpc) is 2.41. The summed E-state index contributed by atoms with van der Waals surface area (Å²) < 4.78 is 6.85. The molecule has 0 aliphatic heterocycles. The molecule has 1 aromatic heterocycles. The van der Waals surface area contributed by atoms with E-state index in [4.69, 9.17) is 10.5 Å². The summed E-state index contributed by atoms with van der Waals surface area (Å²) in [4.78, 5) is 15.7. The second kappa shape index (κ2) is 5.67. The first kappa shape index (κ1) is 13.3. The van der Waals surface area contributed by atoms with Crippen LogP contribution in [-0.2, 0) is 6.54 Å². The van der Waals surface area contributed by atoms with E-state index in [-0.39, 0.29) is 11.6 Å². The lowest BCUT2D eigenvalue weighted by Crippen LogP contribution is -2.20. The van der Waals surface area contributed by atoms with Gasteiger partial charge in [0.05, 0.1) is 20.0 Å². The lowest BCUT2D eigenvalue weighted by Gasteiger charge is -2.13. The molecule has 1 atom stereocenters. The molecular formula is C14H17N3O2. The van der Waals surface area contributed by atoms with Crippen LogP contribution >= 0.6 is 0 Å².